The Morgan fingerprint density at radius 3 is 2.81 bits per heavy atom. The number of hydrogen-bond acceptors (Lipinski definition) is 7. The number of carbonyl (C=O) groups is 1. The van der Waals surface area contributed by atoms with Crippen molar-refractivity contribution in [1.82, 2.24) is 9.55 Å². The van der Waals surface area contributed by atoms with Gasteiger partial charge in [0, 0.05) is 29.8 Å². The molecule has 0 bridgehead atoms. The van der Waals surface area contributed by atoms with Crippen molar-refractivity contribution in [3.63, 3.8) is 0 Å². The number of anilines is 1. The van der Waals surface area contributed by atoms with Crippen LogP contribution in [0.15, 0.2) is 60.7 Å². The molecular weight excluding hydrogens is 469 g/mol. The third-order valence-corrected chi connectivity index (χ3v) is 6.24. The minimum Gasteiger partial charge on any atom is -1.00 e. The first-order valence-electron chi connectivity index (χ1n) is 11.7. The molecule has 0 unspecified atom stereocenters. The van der Waals surface area contributed by atoms with E-state index >= 15 is 0 Å². The van der Waals surface area contributed by atoms with Crippen LogP contribution in [0.25, 0.3) is 16.7 Å². The number of nitrogens with zero attached hydrogens (tertiary/aromatic N) is 2. The second-order valence-corrected chi connectivity index (χ2v) is 8.52. The molecule has 0 saturated heterocycles. The Morgan fingerprint density at radius 1 is 1.11 bits per heavy atom. The molecule has 36 heavy (non-hydrogen) atoms. The SMILES string of the molecule is CCOc1nc2ccccc2n1-c1cccc2c1OC[C@H]2Nc1ccc2c(c1)OC[C@H]2OC(C)=O.[H-].[Na+]. The standard InChI is InChI=1S/C27H25N3O5.Na.H/c1-3-32-27-29-20-8-4-5-9-22(20)30(27)23-10-6-7-18-21(14-34-26(18)23)28-17-11-12-19-24(13-17)33-15-25(19)35-16(2)31;;/h4-13,21,25,28H,3,14-15H2,1-2H3;;/q;+1;-1/t21-,25-;;/m1../s1. The summed E-state index contributed by atoms with van der Waals surface area (Å²) in [4.78, 5) is 16.0. The number of imidazole rings is 1. The number of hydrogen-bond donors (Lipinski definition) is 1. The topological polar surface area (TPSA) is 83.8 Å². The summed E-state index contributed by atoms with van der Waals surface area (Å²) < 4.78 is 25.2. The number of aromatic nitrogens is 2. The van der Waals surface area contributed by atoms with E-state index in [4.69, 9.17) is 18.9 Å². The van der Waals surface area contributed by atoms with Crippen molar-refractivity contribution >= 4 is 22.7 Å². The van der Waals surface area contributed by atoms with E-state index in [1.54, 1.807) is 0 Å². The quantitative estimate of drug-likeness (QED) is 0.324. The van der Waals surface area contributed by atoms with Crippen LogP contribution in [0.5, 0.6) is 17.5 Å². The van der Waals surface area contributed by atoms with E-state index in [1.807, 2.05) is 66.1 Å². The van der Waals surface area contributed by atoms with Crippen LogP contribution in [0, 0.1) is 0 Å². The van der Waals surface area contributed by atoms with Gasteiger partial charge in [0.25, 0.3) is 0 Å². The Hall–Kier alpha value is -3.20. The van der Waals surface area contributed by atoms with Gasteiger partial charge < -0.3 is 25.7 Å². The molecule has 0 amide bonds. The number of esters is 1. The molecule has 2 atom stereocenters. The molecule has 1 N–H and O–H groups in total. The van der Waals surface area contributed by atoms with Crippen molar-refractivity contribution in [2.24, 2.45) is 0 Å². The first-order chi connectivity index (χ1) is 17.1. The zero-order valence-electron chi connectivity index (χ0n) is 21.5. The summed E-state index contributed by atoms with van der Waals surface area (Å²) in [5.41, 5.74) is 5.56. The predicted molar refractivity (Wildman–Crippen MR) is 132 cm³/mol. The molecule has 6 rings (SSSR count). The number of para-hydroxylation sites is 3. The molecule has 2 aliphatic rings. The van der Waals surface area contributed by atoms with Gasteiger partial charge >= 0.3 is 41.5 Å². The van der Waals surface area contributed by atoms with Gasteiger partial charge in [0.15, 0.2) is 6.10 Å². The fraction of sp³-hybridized carbons (Fsp3) is 0.259. The van der Waals surface area contributed by atoms with E-state index in [0.29, 0.717) is 25.8 Å². The molecule has 4 aromatic rings. The number of benzene rings is 3. The summed E-state index contributed by atoms with van der Waals surface area (Å²) in [5, 5.41) is 3.56. The summed E-state index contributed by atoms with van der Waals surface area (Å²) in [6.07, 6.45) is -0.362. The monoisotopic (exact) mass is 495 g/mol. The van der Waals surface area contributed by atoms with Crippen LogP contribution >= 0.6 is 0 Å². The summed E-state index contributed by atoms with van der Waals surface area (Å²) in [6, 6.07) is 20.4. The first kappa shape index (κ1) is 24.5. The molecular formula is C27H26N3NaO5. The normalized spacial score (nSPS) is 17.4. The Balaban J connectivity index is 0.00000160. The van der Waals surface area contributed by atoms with Crippen molar-refractivity contribution < 1.29 is 54.7 Å². The minimum absolute atomic E-state index is 0. The van der Waals surface area contributed by atoms with Gasteiger partial charge in [-0.3, -0.25) is 9.36 Å². The second-order valence-electron chi connectivity index (χ2n) is 8.52. The molecule has 0 spiro atoms. The summed E-state index contributed by atoms with van der Waals surface area (Å²) in [7, 11) is 0. The van der Waals surface area contributed by atoms with Crippen molar-refractivity contribution in [3.8, 4) is 23.2 Å². The van der Waals surface area contributed by atoms with Gasteiger partial charge in [-0.1, -0.05) is 24.3 Å². The second kappa shape index (κ2) is 10.0. The van der Waals surface area contributed by atoms with Crippen LogP contribution in [-0.4, -0.2) is 35.3 Å². The molecule has 0 aliphatic carbocycles. The fourth-order valence-corrected chi connectivity index (χ4v) is 4.76. The average molecular weight is 496 g/mol. The molecule has 0 fully saturated rings. The average Bonchev–Trinajstić information content (AvgIpc) is 3.54. The van der Waals surface area contributed by atoms with Crippen LogP contribution in [0.2, 0.25) is 0 Å². The fourth-order valence-electron chi connectivity index (χ4n) is 4.76. The first-order valence-corrected chi connectivity index (χ1v) is 11.7. The number of ether oxygens (including phenoxy) is 4. The van der Waals surface area contributed by atoms with E-state index in [-0.39, 0.29) is 49.1 Å². The van der Waals surface area contributed by atoms with Gasteiger partial charge in [-0.15, -0.1) is 0 Å². The Bertz CT molecular complexity index is 1440. The predicted octanol–water partition coefficient (Wildman–Crippen LogP) is 2.08. The minimum atomic E-state index is -0.362. The number of carbonyl (C=O) groups excluding carboxylic acids is 1. The molecule has 8 nitrogen and oxygen atoms in total. The van der Waals surface area contributed by atoms with E-state index < -0.39 is 0 Å². The number of rotatable bonds is 6. The maximum absolute atomic E-state index is 11.3. The molecule has 180 valence electrons. The summed E-state index contributed by atoms with van der Waals surface area (Å²) in [6.45, 7) is 4.69. The number of nitrogens with one attached hydrogen (secondary N) is 1. The molecule has 3 aromatic carbocycles. The third-order valence-electron chi connectivity index (χ3n) is 6.24. The molecule has 1 aromatic heterocycles. The third kappa shape index (κ3) is 4.30. The van der Waals surface area contributed by atoms with Crippen molar-refractivity contribution in [2.45, 2.75) is 26.0 Å². The van der Waals surface area contributed by atoms with E-state index in [1.165, 1.54) is 6.92 Å². The number of fused-ring (bicyclic) bond motifs is 3. The van der Waals surface area contributed by atoms with Gasteiger partial charge in [-0.2, -0.15) is 4.98 Å². The van der Waals surface area contributed by atoms with Crippen LogP contribution in [0.1, 0.15) is 38.5 Å². The maximum atomic E-state index is 11.3. The molecule has 3 heterocycles. The maximum Gasteiger partial charge on any atom is 1.00 e. The summed E-state index contributed by atoms with van der Waals surface area (Å²) in [5.74, 6) is 1.21. The van der Waals surface area contributed by atoms with Crippen LogP contribution in [0.4, 0.5) is 5.69 Å². The smallest absolute Gasteiger partial charge is 1.00 e. The zero-order chi connectivity index (χ0) is 23.9. The van der Waals surface area contributed by atoms with Crippen molar-refractivity contribution in [1.29, 1.82) is 0 Å². The molecule has 9 heteroatoms. The van der Waals surface area contributed by atoms with Crippen LogP contribution in [-0.2, 0) is 9.53 Å². The molecule has 0 saturated carbocycles. The Kier molecular flexibility index (Phi) is 6.83. The molecule has 2 aliphatic heterocycles. The largest absolute Gasteiger partial charge is 1.00 e. The van der Waals surface area contributed by atoms with Gasteiger partial charge in [0.05, 0.1) is 29.4 Å². The van der Waals surface area contributed by atoms with E-state index in [0.717, 1.165) is 45.0 Å². The van der Waals surface area contributed by atoms with Gasteiger partial charge in [-0.25, -0.2) is 0 Å². The Morgan fingerprint density at radius 2 is 1.97 bits per heavy atom. The van der Waals surface area contributed by atoms with Crippen LogP contribution in [0.3, 0.4) is 0 Å². The van der Waals surface area contributed by atoms with Crippen LogP contribution < -0.4 is 49.1 Å². The summed E-state index contributed by atoms with van der Waals surface area (Å²) >= 11 is 0. The zero-order valence-corrected chi connectivity index (χ0v) is 22.5. The van der Waals surface area contributed by atoms with Gasteiger partial charge in [0.1, 0.15) is 24.7 Å². The molecule has 0 radical (unpaired) electrons. The van der Waals surface area contributed by atoms with Gasteiger partial charge in [0.2, 0.25) is 0 Å². The van der Waals surface area contributed by atoms with Crippen molar-refractivity contribution in [2.75, 3.05) is 25.1 Å². The Labute approximate surface area is 232 Å². The van der Waals surface area contributed by atoms with Gasteiger partial charge in [-0.05, 0) is 37.3 Å². The van der Waals surface area contributed by atoms with E-state index in [2.05, 4.69) is 16.4 Å². The van der Waals surface area contributed by atoms with E-state index in [9.17, 15) is 4.79 Å². The van der Waals surface area contributed by atoms with Crippen molar-refractivity contribution in [3.05, 3.63) is 71.8 Å².